The normalized spacial score (nSPS) is 17.2. The van der Waals surface area contributed by atoms with E-state index in [0.29, 0.717) is 24.3 Å². The smallest absolute Gasteiger partial charge is 0.261 e. The molecule has 3 amide bonds. The molecule has 1 saturated heterocycles. The Kier molecular flexibility index (Phi) is 6.73. The third-order valence-corrected chi connectivity index (χ3v) is 6.77. The topological polar surface area (TPSA) is 75.7 Å². The van der Waals surface area contributed by atoms with Gasteiger partial charge in [0.25, 0.3) is 17.7 Å². The van der Waals surface area contributed by atoms with Gasteiger partial charge in [0, 0.05) is 24.6 Å². The van der Waals surface area contributed by atoms with Gasteiger partial charge in [-0.25, -0.2) is 0 Å². The molecule has 6 heteroatoms. The molecule has 6 nitrogen and oxygen atoms in total. The molecule has 1 unspecified atom stereocenters. The fourth-order valence-corrected chi connectivity index (χ4v) is 4.92. The molecule has 1 atom stereocenters. The summed E-state index contributed by atoms with van der Waals surface area (Å²) in [6.07, 6.45) is 2.40. The van der Waals surface area contributed by atoms with Crippen molar-refractivity contribution >= 4 is 17.7 Å². The quantitative estimate of drug-likeness (QED) is 0.497. The number of benzene rings is 3. The number of fused-ring (bicyclic) bond motifs is 1. The molecule has 0 bridgehead atoms. The molecule has 0 saturated carbocycles. The second kappa shape index (κ2) is 10.2. The van der Waals surface area contributed by atoms with Gasteiger partial charge in [-0.3, -0.25) is 19.3 Å². The number of hydrogen-bond acceptors (Lipinski definition) is 4. The minimum atomic E-state index is -0.358. The van der Waals surface area contributed by atoms with Crippen LogP contribution in [-0.4, -0.2) is 48.4 Å². The van der Waals surface area contributed by atoms with Crippen LogP contribution in [0.4, 0.5) is 0 Å². The van der Waals surface area contributed by atoms with Gasteiger partial charge in [-0.05, 0) is 48.6 Å². The van der Waals surface area contributed by atoms with Crippen molar-refractivity contribution in [2.45, 2.75) is 31.3 Å². The van der Waals surface area contributed by atoms with Crippen molar-refractivity contribution < 1.29 is 19.1 Å². The largest absolute Gasteiger partial charge is 0.376 e. The summed E-state index contributed by atoms with van der Waals surface area (Å²) in [5.74, 6) is -0.779. The Balaban J connectivity index is 1.25. The Morgan fingerprint density at radius 2 is 1.57 bits per heavy atom. The van der Waals surface area contributed by atoms with Crippen LogP contribution in [0.15, 0.2) is 78.9 Å². The highest BCUT2D eigenvalue weighted by molar-refractivity contribution is 6.22. The molecule has 1 N–H and O–H groups in total. The molecular weight excluding hydrogens is 440 g/mol. The van der Waals surface area contributed by atoms with Gasteiger partial charge in [0.05, 0.1) is 23.8 Å². The first-order valence-corrected chi connectivity index (χ1v) is 12.1. The zero-order valence-corrected chi connectivity index (χ0v) is 19.5. The number of hydrogen-bond donors (Lipinski definition) is 1. The molecule has 35 heavy (non-hydrogen) atoms. The first-order valence-electron chi connectivity index (χ1n) is 12.1. The van der Waals surface area contributed by atoms with Crippen molar-refractivity contribution in [3.05, 3.63) is 107 Å². The van der Waals surface area contributed by atoms with Crippen molar-refractivity contribution in [1.29, 1.82) is 0 Å². The minimum absolute atomic E-state index is 0.109. The first kappa shape index (κ1) is 23.0. The van der Waals surface area contributed by atoms with Gasteiger partial charge in [-0.1, -0.05) is 60.7 Å². The van der Waals surface area contributed by atoms with Crippen molar-refractivity contribution in [3.63, 3.8) is 0 Å². The average Bonchev–Trinajstić information content (AvgIpc) is 3.50. The number of amides is 3. The van der Waals surface area contributed by atoms with Gasteiger partial charge < -0.3 is 10.1 Å². The molecular formula is C29H28N2O4. The van der Waals surface area contributed by atoms with Gasteiger partial charge in [-0.2, -0.15) is 0 Å². The number of nitrogens with one attached hydrogen (secondary N) is 1. The zero-order chi connectivity index (χ0) is 24.2. The lowest BCUT2D eigenvalue weighted by atomic mass is 9.88. The summed E-state index contributed by atoms with van der Waals surface area (Å²) in [7, 11) is 0. The Hall–Kier alpha value is -3.77. The second-order valence-corrected chi connectivity index (χ2v) is 9.03. The van der Waals surface area contributed by atoms with Crippen LogP contribution >= 0.6 is 0 Å². The monoisotopic (exact) mass is 468 g/mol. The molecule has 3 aromatic rings. The SMILES string of the molecule is O=C(NCCC(c1ccccc1)c1ccccc1)c1ccc2c(c1)C(=O)N(CC1CCCO1)C2=O. The molecule has 0 spiro atoms. The first-order chi connectivity index (χ1) is 17.1. The van der Waals surface area contributed by atoms with Gasteiger partial charge in [-0.15, -0.1) is 0 Å². The number of rotatable bonds is 8. The predicted octanol–water partition coefficient (Wildman–Crippen LogP) is 4.41. The molecule has 2 aliphatic heterocycles. The lowest BCUT2D eigenvalue weighted by Gasteiger charge is -2.18. The van der Waals surface area contributed by atoms with Crippen LogP contribution in [0.5, 0.6) is 0 Å². The van der Waals surface area contributed by atoms with E-state index in [9.17, 15) is 14.4 Å². The van der Waals surface area contributed by atoms with Gasteiger partial charge in [0.1, 0.15) is 0 Å². The van der Waals surface area contributed by atoms with E-state index in [1.165, 1.54) is 22.1 Å². The maximum absolute atomic E-state index is 12.9. The van der Waals surface area contributed by atoms with Gasteiger partial charge in [0.15, 0.2) is 0 Å². The standard InChI is InChI=1S/C29H28N2O4/c32-27(30-16-15-24(20-8-3-1-4-9-20)21-10-5-2-6-11-21)22-13-14-25-26(18-22)29(34)31(28(25)33)19-23-12-7-17-35-23/h1-6,8-11,13-14,18,23-24H,7,12,15-17,19H2,(H,30,32). The molecule has 2 heterocycles. The Morgan fingerprint density at radius 1 is 0.914 bits per heavy atom. The Bertz CT molecular complexity index is 1180. The third-order valence-electron chi connectivity index (χ3n) is 6.77. The third kappa shape index (κ3) is 4.88. The Morgan fingerprint density at radius 3 is 2.20 bits per heavy atom. The minimum Gasteiger partial charge on any atom is -0.376 e. The van der Waals surface area contributed by atoms with Crippen LogP contribution in [0.25, 0.3) is 0 Å². The summed E-state index contributed by atoms with van der Waals surface area (Å²) in [5, 5.41) is 2.99. The fraction of sp³-hybridized carbons (Fsp3) is 0.276. The van der Waals surface area contributed by atoms with E-state index in [-0.39, 0.29) is 41.9 Å². The molecule has 1 fully saturated rings. The summed E-state index contributed by atoms with van der Waals surface area (Å²) in [6, 6.07) is 25.2. The van der Waals surface area contributed by atoms with Gasteiger partial charge in [0.2, 0.25) is 0 Å². The fourth-order valence-electron chi connectivity index (χ4n) is 4.92. The molecule has 2 aliphatic rings. The summed E-state index contributed by atoms with van der Waals surface area (Å²) in [5.41, 5.74) is 3.39. The van der Waals surface area contributed by atoms with Crippen molar-refractivity contribution in [1.82, 2.24) is 10.2 Å². The highest BCUT2D eigenvalue weighted by atomic mass is 16.5. The number of imide groups is 1. The van der Waals surface area contributed by atoms with Crippen LogP contribution < -0.4 is 5.32 Å². The zero-order valence-electron chi connectivity index (χ0n) is 19.5. The highest BCUT2D eigenvalue weighted by Gasteiger charge is 2.38. The maximum Gasteiger partial charge on any atom is 0.261 e. The van der Waals surface area contributed by atoms with E-state index in [2.05, 4.69) is 29.6 Å². The molecule has 5 rings (SSSR count). The summed E-state index contributed by atoms with van der Waals surface area (Å²) in [6.45, 7) is 1.39. The lowest BCUT2D eigenvalue weighted by Crippen LogP contribution is -2.36. The van der Waals surface area contributed by atoms with E-state index in [4.69, 9.17) is 4.74 Å². The second-order valence-electron chi connectivity index (χ2n) is 9.03. The van der Waals surface area contributed by atoms with Crippen LogP contribution in [0.2, 0.25) is 0 Å². The molecule has 0 aliphatic carbocycles. The van der Waals surface area contributed by atoms with Crippen molar-refractivity contribution in [2.75, 3.05) is 19.7 Å². The Labute approximate surface area is 204 Å². The molecule has 3 aromatic carbocycles. The van der Waals surface area contributed by atoms with Crippen LogP contribution in [0, 0.1) is 0 Å². The number of ether oxygens (including phenoxy) is 1. The van der Waals surface area contributed by atoms with Crippen molar-refractivity contribution in [2.24, 2.45) is 0 Å². The number of nitrogens with zero attached hydrogens (tertiary/aromatic N) is 1. The predicted molar refractivity (Wildman–Crippen MR) is 132 cm³/mol. The van der Waals surface area contributed by atoms with Crippen molar-refractivity contribution in [3.8, 4) is 0 Å². The van der Waals surface area contributed by atoms with Crippen LogP contribution in [0.1, 0.15) is 67.4 Å². The van der Waals surface area contributed by atoms with Crippen LogP contribution in [-0.2, 0) is 4.74 Å². The summed E-state index contributed by atoms with van der Waals surface area (Å²) >= 11 is 0. The van der Waals surface area contributed by atoms with E-state index in [1.807, 2.05) is 36.4 Å². The summed E-state index contributed by atoms with van der Waals surface area (Å²) in [4.78, 5) is 39.8. The molecule has 178 valence electrons. The lowest BCUT2D eigenvalue weighted by molar-refractivity contribution is 0.0475. The maximum atomic E-state index is 12.9. The molecule has 0 aromatic heterocycles. The van der Waals surface area contributed by atoms with E-state index < -0.39 is 0 Å². The van der Waals surface area contributed by atoms with E-state index >= 15 is 0 Å². The number of carbonyl (C=O) groups is 3. The van der Waals surface area contributed by atoms with E-state index in [1.54, 1.807) is 12.1 Å². The van der Waals surface area contributed by atoms with Gasteiger partial charge >= 0.3 is 0 Å². The van der Waals surface area contributed by atoms with E-state index in [0.717, 1.165) is 19.3 Å². The highest BCUT2D eigenvalue weighted by Crippen LogP contribution is 2.28. The number of carbonyl (C=O) groups excluding carboxylic acids is 3. The summed E-state index contributed by atoms with van der Waals surface area (Å²) < 4.78 is 5.59. The van der Waals surface area contributed by atoms with Crippen LogP contribution in [0.3, 0.4) is 0 Å². The average molecular weight is 469 g/mol. The molecule has 0 radical (unpaired) electrons.